The van der Waals surface area contributed by atoms with E-state index in [-0.39, 0.29) is 18.2 Å². The van der Waals surface area contributed by atoms with Gasteiger partial charge in [0.15, 0.2) is 0 Å². The highest BCUT2D eigenvalue weighted by molar-refractivity contribution is 5.79. The molecule has 5 rings (SSSR count). The number of nitriles is 2. The summed E-state index contributed by atoms with van der Waals surface area (Å²) in [7, 11) is 1.63. The molecule has 11 heteroatoms. The van der Waals surface area contributed by atoms with Crippen LogP contribution in [0.5, 0.6) is 5.88 Å². The standard InChI is InChI=1S/C22H24N8O3/c1-22(2,12-24)29-9-16(20(28-29)33-15-4-5-15)26-21-25-8-13-6-14(7-23)30(19(13)27-21)17-10-32-11-18(17)31-3/h6,8-9,15,17-18H,4-5,10-11H2,1-3H3,(H,25,26,27)/t17-,18+/m1/s1. The maximum absolute atomic E-state index is 9.70. The summed E-state index contributed by atoms with van der Waals surface area (Å²) in [5.41, 5.74) is 0.800. The zero-order chi connectivity index (χ0) is 23.2. The van der Waals surface area contributed by atoms with Crippen LogP contribution in [0.4, 0.5) is 11.6 Å². The van der Waals surface area contributed by atoms with Gasteiger partial charge >= 0.3 is 0 Å². The van der Waals surface area contributed by atoms with E-state index in [2.05, 4.69) is 27.5 Å². The minimum absolute atomic E-state index is 0.131. The fourth-order valence-electron chi connectivity index (χ4n) is 3.81. The number of hydrogen-bond acceptors (Lipinski definition) is 9. The molecule has 0 aromatic carbocycles. The number of methoxy groups -OCH3 is 1. The Bertz CT molecular complexity index is 1280. The summed E-state index contributed by atoms with van der Waals surface area (Å²) in [6, 6.07) is 6.07. The second-order valence-electron chi connectivity index (χ2n) is 8.77. The van der Waals surface area contributed by atoms with Crippen molar-refractivity contribution >= 4 is 22.7 Å². The predicted octanol–water partition coefficient (Wildman–Crippen LogP) is 2.63. The zero-order valence-electron chi connectivity index (χ0n) is 18.6. The zero-order valence-corrected chi connectivity index (χ0v) is 18.6. The highest BCUT2D eigenvalue weighted by atomic mass is 16.5. The lowest BCUT2D eigenvalue weighted by molar-refractivity contribution is 0.0690. The third kappa shape index (κ3) is 3.86. The lowest BCUT2D eigenvalue weighted by Gasteiger charge is -2.19. The van der Waals surface area contributed by atoms with Crippen LogP contribution < -0.4 is 10.1 Å². The molecule has 4 heterocycles. The van der Waals surface area contributed by atoms with Crippen LogP contribution in [-0.2, 0) is 15.0 Å². The number of hydrogen-bond donors (Lipinski definition) is 1. The molecule has 33 heavy (non-hydrogen) atoms. The van der Waals surface area contributed by atoms with Gasteiger partial charge in [-0.2, -0.15) is 15.5 Å². The van der Waals surface area contributed by atoms with Crippen molar-refractivity contribution in [3.05, 3.63) is 24.2 Å². The smallest absolute Gasteiger partial charge is 0.257 e. The van der Waals surface area contributed by atoms with E-state index in [4.69, 9.17) is 19.2 Å². The summed E-state index contributed by atoms with van der Waals surface area (Å²) in [5.74, 6) is 0.732. The number of fused-ring (bicyclic) bond motifs is 1. The van der Waals surface area contributed by atoms with Gasteiger partial charge < -0.3 is 24.1 Å². The van der Waals surface area contributed by atoms with E-state index in [9.17, 15) is 10.5 Å². The fourth-order valence-corrected chi connectivity index (χ4v) is 3.81. The average Bonchev–Trinajstić information content (AvgIpc) is 3.20. The Balaban J connectivity index is 1.53. The van der Waals surface area contributed by atoms with E-state index in [1.165, 1.54) is 0 Å². The largest absolute Gasteiger partial charge is 0.472 e. The summed E-state index contributed by atoms with van der Waals surface area (Å²) >= 11 is 0. The molecule has 3 aromatic heterocycles. The number of anilines is 2. The summed E-state index contributed by atoms with van der Waals surface area (Å²) in [6.45, 7) is 4.44. The lowest BCUT2D eigenvalue weighted by Crippen LogP contribution is -2.25. The molecule has 3 aromatic rings. The highest BCUT2D eigenvalue weighted by Crippen LogP contribution is 2.34. The van der Waals surface area contributed by atoms with Crippen LogP contribution in [0.3, 0.4) is 0 Å². The number of nitrogens with one attached hydrogen (secondary N) is 1. The van der Waals surface area contributed by atoms with Gasteiger partial charge in [0.05, 0.1) is 31.5 Å². The van der Waals surface area contributed by atoms with Crippen LogP contribution in [0.1, 0.15) is 38.4 Å². The van der Waals surface area contributed by atoms with Gasteiger partial charge in [-0.15, -0.1) is 5.10 Å². The lowest BCUT2D eigenvalue weighted by atomic mass is 10.1. The minimum Gasteiger partial charge on any atom is -0.472 e. The summed E-state index contributed by atoms with van der Waals surface area (Å²) in [4.78, 5) is 9.12. The van der Waals surface area contributed by atoms with Crippen molar-refractivity contribution in [2.45, 2.75) is 50.5 Å². The van der Waals surface area contributed by atoms with Crippen molar-refractivity contribution in [2.75, 3.05) is 25.6 Å². The Morgan fingerprint density at radius 2 is 2.09 bits per heavy atom. The minimum atomic E-state index is -0.847. The highest BCUT2D eigenvalue weighted by Gasteiger charge is 2.33. The first-order valence-electron chi connectivity index (χ1n) is 10.8. The van der Waals surface area contributed by atoms with E-state index in [0.29, 0.717) is 42.1 Å². The van der Waals surface area contributed by atoms with Gasteiger partial charge in [0.1, 0.15) is 40.8 Å². The maximum Gasteiger partial charge on any atom is 0.257 e. The van der Waals surface area contributed by atoms with E-state index >= 15 is 0 Å². The van der Waals surface area contributed by atoms with Crippen LogP contribution in [0.2, 0.25) is 0 Å². The molecule has 2 aliphatic rings. The first kappa shape index (κ1) is 21.2. The third-order valence-electron chi connectivity index (χ3n) is 5.90. The number of nitrogens with zero attached hydrogens (tertiary/aromatic N) is 7. The van der Waals surface area contributed by atoms with Crippen LogP contribution in [0, 0.1) is 22.7 Å². The molecule has 1 aliphatic carbocycles. The van der Waals surface area contributed by atoms with Gasteiger partial charge in [-0.3, -0.25) is 0 Å². The molecule has 11 nitrogen and oxygen atoms in total. The molecular formula is C22H24N8O3. The second-order valence-corrected chi connectivity index (χ2v) is 8.77. The molecule has 1 N–H and O–H groups in total. The predicted molar refractivity (Wildman–Crippen MR) is 117 cm³/mol. The van der Waals surface area contributed by atoms with Gasteiger partial charge in [-0.25, -0.2) is 9.67 Å². The molecule has 0 amide bonds. The summed E-state index contributed by atoms with van der Waals surface area (Å²) in [6.07, 6.45) is 5.30. The van der Waals surface area contributed by atoms with Gasteiger partial charge in [0, 0.05) is 18.7 Å². The SMILES string of the molecule is CO[C@H]1COC[C@H]1n1c(C#N)cc2cnc(Nc3cn(C(C)(C)C#N)nc3OC3CC3)nc21. The molecule has 2 fully saturated rings. The van der Waals surface area contributed by atoms with Crippen molar-refractivity contribution in [1.82, 2.24) is 24.3 Å². The molecule has 0 bridgehead atoms. The Morgan fingerprint density at radius 1 is 1.27 bits per heavy atom. The summed E-state index contributed by atoms with van der Waals surface area (Å²) in [5, 5.41) is 27.6. The van der Waals surface area contributed by atoms with E-state index in [1.807, 2.05) is 4.57 Å². The van der Waals surface area contributed by atoms with Crippen molar-refractivity contribution < 1.29 is 14.2 Å². The van der Waals surface area contributed by atoms with Crippen molar-refractivity contribution in [3.63, 3.8) is 0 Å². The quantitative estimate of drug-likeness (QED) is 0.578. The van der Waals surface area contributed by atoms with Crippen molar-refractivity contribution in [3.8, 4) is 18.0 Å². The van der Waals surface area contributed by atoms with Crippen LogP contribution >= 0.6 is 0 Å². The average molecular weight is 448 g/mol. The van der Waals surface area contributed by atoms with Crippen molar-refractivity contribution in [2.24, 2.45) is 0 Å². The Kier molecular flexibility index (Phi) is 5.16. The van der Waals surface area contributed by atoms with Gasteiger partial charge in [0.2, 0.25) is 5.95 Å². The first-order chi connectivity index (χ1) is 15.9. The van der Waals surface area contributed by atoms with E-state index in [1.54, 1.807) is 44.1 Å². The normalized spacial score (nSPS) is 20.5. The third-order valence-corrected chi connectivity index (χ3v) is 5.90. The molecular weight excluding hydrogens is 424 g/mol. The van der Waals surface area contributed by atoms with Crippen molar-refractivity contribution in [1.29, 1.82) is 10.5 Å². The first-order valence-corrected chi connectivity index (χ1v) is 10.8. The topological polar surface area (TPSA) is 136 Å². The molecule has 1 aliphatic heterocycles. The molecule has 0 radical (unpaired) electrons. The second kappa shape index (κ2) is 8.03. The Hall–Kier alpha value is -3.67. The number of ether oxygens (including phenoxy) is 3. The maximum atomic E-state index is 9.70. The van der Waals surface area contributed by atoms with Crippen LogP contribution in [-0.4, -0.2) is 56.8 Å². The monoisotopic (exact) mass is 448 g/mol. The van der Waals surface area contributed by atoms with E-state index < -0.39 is 5.54 Å². The Morgan fingerprint density at radius 3 is 2.79 bits per heavy atom. The molecule has 0 spiro atoms. The van der Waals surface area contributed by atoms with Gasteiger partial charge in [0.25, 0.3) is 5.88 Å². The molecule has 2 atom stereocenters. The molecule has 1 saturated carbocycles. The number of rotatable bonds is 7. The van der Waals surface area contributed by atoms with Crippen LogP contribution in [0.25, 0.3) is 11.0 Å². The van der Waals surface area contributed by atoms with Crippen LogP contribution in [0.15, 0.2) is 18.5 Å². The summed E-state index contributed by atoms with van der Waals surface area (Å²) < 4.78 is 20.5. The Labute approximate surface area is 190 Å². The van der Waals surface area contributed by atoms with Gasteiger partial charge in [-0.05, 0) is 32.8 Å². The molecule has 0 unspecified atom stereocenters. The molecule has 1 saturated heterocycles. The number of aromatic nitrogens is 5. The molecule has 170 valence electrons. The van der Waals surface area contributed by atoms with Gasteiger partial charge in [-0.1, -0.05) is 0 Å². The van der Waals surface area contributed by atoms with E-state index in [0.717, 1.165) is 18.2 Å². The fraction of sp³-hybridized carbons (Fsp3) is 0.500.